The zero-order valence-corrected chi connectivity index (χ0v) is 21.7. The summed E-state index contributed by atoms with van der Waals surface area (Å²) in [6, 6.07) is 13.5. The van der Waals surface area contributed by atoms with Gasteiger partial charge in [0.1, 0.15) is 12.0 Å². The molecule has 1 fully saturated rings. The first kappa shape index (κ1) is 26.9. The maximum absolute atomic E-state index is 14.4. The molecule has 0 saturated carbocycles. The number of nitrogens with zero attached hydrogens (tertiary/aromatic N) is 2. The van der Waals surface area contributed by atoms with E-state index in [1.54, 1.807) is 48.2 Å². The quantitative estimate of drug-likeness (QED) is 0.418. The second-order valence-electron chi connectivity index (χ2n) is 8.92. The van der Waals surface area contributed by atoms with E-state index in [4.69, 9.17) is 23.2 Å². The number of alkyl halides is 1. The fourth-order valence-electron chi connectivity index (χ4n) is 4.07. The number of rotatable bonds is 7. The molecular formula is C27H25Cl2F2N3O3. The third-order valence-electron chi connectivity index (χ3n) is 6.19. The number of hydrogen-bond donors (Lipinski definition) is 2. The Morgan fingerprint density at radius 2 is 1.86 bits per heavy atom. The molecule has 10 heteroatoms. The minimum Gasteiger partial charge on any atom is -0.394 e. The number of hydrogen-bond acceptors (Lipinski definition) is 4. The van der Waals surface area contributed by atoms with E-state index >= 15 is 0 Å². The predicted molar refractivity (Wildman–Crippen MR) is 142 cm³/mol. The second-order valence-corrected chi connectivity index (χ2v) is 9.73. The van der Waals surface area contributed by atoms with Crippen molar-refractivity contribution < 1.29 is 23.5 Å². The highest BCUT2D eigenvalue weighted by Gasteiger charge is 2.31. The van der Waals surface area contributed by atoms with Gasteiger partial charge in [0.25, 0.3) is 11.8 Å². The maximum Gasteiger partial charge on any atom is 0.262 e. The average Bonchev–Trinajstić information content (AvgIpc) is 2.86. The van der Waals surface area contributed by atoms with E-state index in [9.17, 15) is 23.5 Å². The Balaban J connectivity index is 1.74. The van der Waals surface area contributed by atoms with Gasteiger partial charge < -0.3 is 20.2 Å². The smallest absolute Gasteiger partial charge is 0.262 e. The van der Waals surface area contributed by atoms with Crippen LogP contribution in [0.25, 0.3) is 11.1 Å². The summed E-state index contributed by atoms with van der Waals surface area (Å²) in [6.45, 7) is 1.74. The first-order chi connectivity index (χ1) is 17.6. The van der Waals surface area contributed by atoms with Crippen molar-refractivity contribution in [3.63, 3.8) is 0 Å². The zero-order chi connectivity index (χ0) is 26.9. The van der Waals surface area contributed by atoms with Crippen molar-refractivity contribution in [3.8, 4) is 11.1 Å². The molecule has 3 aromatic rings. The SMILES string of the molecule is CC(CO)NC(=O)c1ccc(Cl)c(-c2ccc(N(C)C(=O)c3c(F)cccc3Cl)c(N3CC(F)C3)c2)c1. The molecule has 0 bridgehead atoms. The second kappa shape index (κ2) is 11.0. The fourth-order valence-corrected chi connectivity index (χ4v) is 4.54. The molecule has 194 valence electrons. The van der Waals surface area contributed by atoms with E-state index in [0.29, 0.717) is 33.1 Å². The number of anilines is 2. The molecule has 6 nitrogen and oxygen atoms in total. The van der Waals surface area contributed by atoms with Gasteiger partial charge in [0, 0.05) is 29.2 Å². The zero-order valence-electron chi connectivity index (χ0n) is 20.1. The lowest BCUT2D eigenvalue weighted by Gasteiger charge is -2.39. The van der Waals surface area contributed by atoms with Crippen LogP contribution in [0, 0.1) is 5.82 Å². The topological polar surface area (TPSA) is 72.9 Å². The third-order valence-corrected chi connectivity index (χ3v) is 6.83. The molecule has 1 aliphatic heterocycles. The highest BCUT2D eigenvalue weighted by molar-refractivity contribution is 6.35. The van der Waals surface area contributed by atoms with Crippen molar-refractivity contribution in [1.82, 2.24) is 5.32 Å². The molecule has 2 amide bonds. The maximum atomic E-state index is 14.4. The van der Waals surface area contributed by atoms with Crippen LogP contribution in [0.15, 0.2) is 54.6 Å². The Hall–Kier alpha value is -3.20. The summed E-state index contributed by atoms with van der Waals surface area (Å²) in [4.78, 5) is 28.8. The predicted octanol–water partition coefficient (Wildman–Crippen LogP) is 5.34. The number of nitrogens with one attached hydrogen (secondary N) is 1. The van der Waals surface area contributed by atoms with Crippen molar-refractivity contribution in [2.24, 2.45) is 0 Å². The van der Waals surface area contributed by atoms with Gasteiger partial charge in [0.05, 0.1) is 41.7 Å². The lowest BCUT2D eigenvalue weighted by molar-refractivity contribution is 0.0921. The van der Waals surface area contributed by atoms with E-state index in [1.807, 2.05) is 0 Å². The average molecular weight is 548 g/mol. The summed E-state index contributed by atoms with van der Waals surface area (Å²) in [6.07, 6.45) is -1.01. The molecule has 0 radical (unpaired) electrons. The summed E-state index contributed by atoms with van der Waals surface area (Å²) in [7, 11) is 1.50. The fraction of sp³-hybridized carbons (Fsp3) is 0.259. The largest absolute Gasteiger partial charge is 0.394 e. The molecule has 4 rings (SSSR count). The summed E-state index contributed by atoms with van der Waals surface area (Å²) in [5.41, 5.74) is 2.27. The normalized spacial score (nSPS) is 14.2. The van der Waals surface area contributed by atoms with Crippen LogP contribution in [-0.2, 0) is 0 Å². The molecule has 37 heavy (non-hydrogen) atoms. The van der Waals surface area contributed by atoms with Gasteiger partial charge in [0.2, 0.25) is 0 Å². The van der Waals surface area contributed by atoms with Gasteiger partial charge in [-0.05, 0) is 55.0 Å². The van der Waals surface area contributed by atoms with Gasteiger partial charge in [-0.25, -0.2) is 8.78 Å². The van der Waals surface area contributed by atoms with Crippen LogP contribution in [0.3, 0.4) is 0 Å². The minimum atomic E-state index is -1.01. The van der Waals surface area contributed by atoms with E-state index < -0.39 is 23.9 Å². The standard InChI is InChI=1S/C27H25Cl2F2N3O3/c1-15(14-35)32-26(36)17-6-8-20(28)19(10-17)16-7-9-23(24(11-16)34-12-18(30)13-34)33(2)27(37)25-21(29)4-3-5-22(25)31/h3-11,15,18,35H,12-14H2,1-2H3,(H,32,36). The van der Waals surface area contributed by atoms with Gasteiger partial charge in [-0.3, -0.25) is 9.59 Å². The Labute approximate surface area is 223 Å². The molecule has 1 atom stereocenters. The van der Waals surface area contributed by atoms with Crippen LogP contribution in [0.4, 0.5) is 20.2 Å². The summed E-state index contributed by atoms with van der Waals surface area (Å²) < 4.78 is 28.3. The van der Waals surface area contributed by atoms with Crippen molar-refractivity contribution in [1.29, 1.82) is 0 Å². The van der Waals surface area contributed by atoms with Crippen LogP contribution < -0.4 is 15.1 Å². The summed E-state index contributed by atoms with van der Waals surface area (Å²) >= 11 is 12.6. The molecule has 0 spiro atoms. The molecule has 0 aliphatic carbocycles. The van der Waals surface area contributed by atoms with Crippen LogP contribution in [0.2, 0.25) is 10.0 Å². The van der Waals surface area contributed by atoms with Crippen LogP contribution in [0.1, 0.15) is 27.6 Å². The number of amides is 2. The minimum absolute atomic E-state index is 0.0137. The first-order valence-corrected chi connectivity index (χ1v) is 12.3. The van der Waals surface area contributed by atoms with Gasteiger partial charge in [-0.2, -0.15) is 0 Å². The van der Waals surface area contributed by atoms with Gasteiger partial charge in [0.15, 0.2) is 0 Å². The van der Waals surface area contributed by atoms with E-state index in [1.165, 1.54) is 24.1 Å². The van der Waals surface area contributed by atoms with Gasteiger partial charge in [-0.15, -0.1) is 0 Å². The number of carbonyl (C=O) groups is 2. The number of carbonyl (C=O) groups excluding carboxylic acids is 2. The third kappa shape index (κ3) is 5.56. The summed E-state index contributed by atoms with van der Waals surface area (Å²) in [5.74, 6) is -1.76. The molecular weight excluding hydrogens is 523 g/mol. The lowest BCUT2D eigenvalue weighted by Crippen LogP contribution is -2.49. The van der Waals surface area contributed by atoms with E-state index in [0.717, 1.165) is 6.07 Å². The number of halogens is 4. The van der Waals surface area contributed by atoms with Crippen LogP contribution in [0.5, 0.6) is 0 Å². The molecule has 3 aromatic carbocycles. The Kier molecular flexibility index (Phi) is 8.02. The van der Waals surface area contributed by atoms with E-state index in [2.05, 4.69) is 5.32 Å². The van der Waals surface area contributed by atoms with Gasteiger partial charge in [-0.1, -0.05) is 35.3 Å². The molecule has 1 unspecified atom stereocenters. The van der Waals surface area contributed by atoms with Crippen molar-refractivity contribution in [2.75, 3.05) is 36.5 Å². The Morgan fingerprint density at radius 3 is 2.51 bits per heavy atom. The molecule has 1 saturated heterocycles. The summed E-state index contributed by atoms with van der Waals surface area (Å²) in [5, 5.41) is 12.3. The Morgan fingerprint density at radius 1 is 1.14 bits per heavy atom. The lowest BCUT2D eigenvalue weighted by atomic mass is 9.99. The first-order valence-electron chi connectivity index (χ1n) is 11.6. The molecule has 2 N–H and O–H groups in total. The molecule has 1 heterocycles. The van der Waals surface area contributed by atoms with Gasteiger partial charge >= 0.3 is 0 Å². The number of benzene rings is 3. The van der Waals surface area contributed by atoms with E-state index in [-0.39, 0.29) is 36.2 Å². The number of aliphatic hydroxyl groups excluding tert-OH is 1. The highest BCUT2D eigenvalue weighted by Crippen LogP contribution is 2.39. The van der Waals surface area contributed by atoms with Crippen molar-refractivity contribution in [2.45, 2.75) is 19.1 Å². The molecule has 0 aromatic heterocycles. The van der Waals surface area contributed by atoms with Crippen LogP contribution in [-0.4, -0.2) is 55.9 Å². The monoisotopic (exact) mass is 547 g/mol. The van der Waals surface area contributed by atoms with Crippen molar-refractivity contribution in [3.05, 3.63) is 81.6 Å². The Bertz CT molecular complexity index is 1330. The van der Waals surface area contributed by atoms with Crippen molar-refractivity contribution >= 4 is 46.4 Å². The van der Waals surface area contributed by atoms with Crippen LogP contribution >= 0.6 is 23.2 Å². The molecule has 1 aliphatic rings. The number of aliphatic hydroxyl groups is 1. The highest BCUT2D eigenvalue weighted by atomic mass is 35.5.